The molecule has 0 fully saturated rings. The van der Waals surface area contributed by atoms with Crippen molar-refractivity contribution in [1.29, 1.82) is 0 Å². The van der Waals surface area contributed by atoms with E-state index in [2.05, 4.69) is 16.9 Å². The van der Waals surface area contributed by atoms with Crippen LogP contribution in [0.3, 0.4) is 0 Å². The number of hydrogen-bond acceptors (Lipinski definition) is 5. The predicted octanol–water partition coefficient (Wildman–Crippen LogP) is 4.97. The molecule has 0 unspecified atom stereocenters. The quantitative estimate of drug-likeness (QED) is 0.115. The number of rotatable bonds is 18. The van der Waals surface area contributed by atoms with E-state index in [1.165, 1.54) is 0 Å². The monoisotopic (exact) mass is 399 g/mol. The van der Waals surface area contributed by atoms with Gasteiger partial charge in [-0.25, -0.2) is 0 Å². The van der Waals surface area contributed by atoms with Gasteiger partial charge in [-0.15, -0.1) is 0 Å². The van der Waals surface area contributed by atoms with Gasteiger partial charge in [0.25, 0.3) is 0 Å². The van der Waals surface area contributed by atoms with Crippen molar-refractivity contribution in [3.05, 3.63) is 10.4 Å². The highest BCUT2D eigenvalue weighted by molar-refractivity contribution is 5.81. The number of ketones is 1. The third kappa shape index (κ3) is 11.3. The highest BCUT2D eigenvalue weighted by atomic mass is 16.7. The summed E-state index contributed by atoms with van der Waals surface area (Å²) in [4.78, 5) is 26.6. The minimum Gasteiger partial charge on any atom is -0.481 e. The van der Waals surface area contributed by atoms with Crippen molar-refractivity contribution in [3.63, 3.8) is 0 Å². The van der Waals surface area contributed by atoms with Crippen LogP contribution >= 0.6 is 0 Å². The highest BCUT2D eigenvalue weighted by Gasteiger charge is 2.26. The number of methoxy groups -OCH3 is 1. The summed E-state index contributed by atoms with van der Waals surface area (Å²) in [7, 11) is 1.55. The summed E-state index contributed by atoms with van der Waals surface area (Å²) < 4.78 is 10.8. The van der Waals surface area contributed by atoms with E-state index in [-0.39, 0.29) is 36.4 Å². The lowest BCUT2D eigenvalue weighted by atomic mass is 9.86. The molecule has 0 bridgehead atoms. The van der Waals surface area contributed by atoms with Gasteiger partial charge in [-0.05, 0) is 43.6 Å². The normalized spacial score (nSPS) is 15.3. The minimum atomic E-state index is -0.763. The Labute approximate surface area is 168 Å². The third-order valence-corrected chi connectivity index (χ3v) is 5.33. The summed E-state index contributed by atoms with van der Waals surface area (Å²) in [5.41, 5.74) is 8.39. The zero-order chi connectivity index (χ0) is 21.4. The van der Waals surface area contributed by atoms with Crippen LogP contribution in [0.5, 0.6) is 0 Å². The van der Waals surface area contributed by atoms with Crippen molar-refractivity contribution in [3.8, 4) is 0 Å². The molecular weight excluding hydrogens is 362 g/mol. The molecule has 0 aliphatic rings. The van der Waals surface area contributed by atoms with Crippen molar-refractivity contribution >= 4 is 11.8 Å². The molecule has 0 saturated carbocycles. The second kappa shape index (κ2) is 16.3. The number of ether oxygens (including phenoxy) is 2. The van der Waals surface area contributed by atoms with Crippen molar-refractivity contribution in [2.24, 2.45) is 22.9 Å². The van der Waals surface area contributed by atoms with Gasteiger partial charge in [0.2, 0.25) is 0 Å². The number of Topliss-reactive ketones (excluding diaryl/α,β-unsaturated/α-hetero) is 1. The molecule has 0 rings (SSSR count). The van der Waals surface area contributed by atoms with Gasteiger partial charge in [-0.2, -0.15) is 0 Å². The van der Waals surface area contributed by atoms with Gasteiger partial charge >= 0.3 is 5.97 Å². The van der Waals surface area contributed by atoms with Crippen molar-refractivity contribution in [1.82, 2.24) is 0 Å². The van der Waals surface area contributed by atoms with Gasteiger partial charge in [0, 0.05) is 30.9 Å². The Morgan fingerprint density at radius 1 is 1.14 bits per heavy atom. The lowest BCUT2D eigenvalue weighted by Crippen LogP contribution is -2.30. The molecule has 162 valence electrons. The molecule has 0 aromatic carbocycles. The summed E-state index contributed by atoms with van der Waals surface area (Å²) in [6.45, 7) is 6.41. The first-order valence-electron chi connectivity index (χ1n) is 10.3. The molecule has 0 radical (unpaired) electrons. The molecule has 1 N–H and O–H groups in total. The fourth-order valence-electron chi connectivity index (χ4n) is 3.37. The van der Waals surface area contributed by atoms with Gasteiger partial charge in [-0.1, -0.05) is 38.7 Å². The molecule has 0 aliphatic heterocycles. The van der Waals surface area contributed by atoms with E-state index in [9.17, 15) is 9.59 Å². The molecule has 0 spiro atoms. The highest BCUT2D eigenvalue weighted by Crippen LogP contribution is 2.24. The van der Waals surface area contributed by atoms with Crippen LogP contribution < -0.4 is 0 Å². The zero-order valence-corrected chi connectivity index (χ0v) is 17.8. The van der Waals surface area contributed by atoms with E-state index >= 15 is 0 Å². The Morgan fingerprint density at radius 2 is 1.86 bits per heavy atom. The Morgan fingerprint density at radius 3 is 2.39 bits per heavy atom. The van der Waals surface area contributed by atoms with E-state index in [0.29, 0.717) is 32.2 Å². The lowest BCUT2D eigenvalue weighted by molar-refractivity contribution is -0.142. The number of aliphatic carboxylic acids is 1. The number of hydrogen-bond donors (Lipinski definition) is 1. The maximum absolute atomic E-state index is 12.7. The Bertz CT molecular complexity index is 494. The fourth-order valence-corrected chi connectivity index (χ4v) is 3.37. The second-order valence-corrected chi connectivity index (χ2v) is 7.32. The Hall–Kier alpha value is -1.63. The van der Waals surface area contributed by atoms with Gasteiger partial charge in [0.15, 0.2) is 0 Å². The van der Waals surface area contributed by atoms with E-state index < -0.39 is 5.97 Å². The molecule has 0 saturated heterocycles. The van der Waals surface area contributed by atoms with E-state index in [4.69, 9.17) is 20.1 Å². The first kappa shape index (κ1) is 26.4. The summed E-state index contributed by atoms with van der Waals surface area (Å²) >= 11 is 0. The van der Waals surface area contributed by atoms with Crippen LogP contribution in [0.1, 0.15) is 72.1 Å². The lowest BCUT2D eigenvalue weighted by Gasteiger charge is -2.27. The Balaban J connectivity index is 4.66. The van der Waals surface area contributed by atoms with E-state index in [1.807, 2.05) is 13.8 Å². The van der Waals surface area contributed by atoms with E-state index in [0.717, 1.165) is 25.7 Å². The van der Waals surface area contributed by atoms with Crippen LogP contribution in [-0.4, -0.2) is 43.4 Å². The van der Waals surface area contributed by atoms with Crippen molar-refractivity contribution < 1.29 is 24.2 Å². The number of carbonyl (C=O) groups excluding carboxylic acids is 1. The number of carbonyl (C=O) groups is 2. The van der Waals surface area contributed by atoms with Crippen LogP contribution in [0.25, 0.3) is 10.4 Å². The number of nitrogens with zero attached hydrogens (tertiary/aromatic N) is 3. The van der Waals surface area contributed by atoms with Crippen LogP contribution in [0.4, 0.5) is 0 Å². The number of carboxylic acid groups (broad SMARTS) is 1. The topological polar surface area (TPSA) is 122 Å². The maximum Gasteiger partial charge on any atom is 0.306 e. The molecular formula is C20H37N3O5. The van der Waals surface area contributed by atoms with Gasteiger partial charge in [0.05, 0.1) is 12.0 Å². The molecule has 0 aromatic heterocycles. The van der Waals surface area contributed by atoms with Gasteiger partial charge in [-0.3, -0.25) is 9.59 Å². The third-order valence-electron chi connectivity index (χ3n) is 5.33. The molecule has 4 atom stereocenters. The van der Waals surface area contributed by atoms with E-state index in [1.54, 1.807) is 7.11 Å². The molecule has 0 heterocycles. The number of azide groups is 1. The minimum absolute atomic E-state index is 0.124. The number of carboxylic acids is 1. The summed E-state index contributed by atoms with van der Waals surface area (Å²) in [6.07, 6.45) is 5.16. The van der Waals surface area contributed by atoms with Crippen LogP contribution in [0.15, 0.2) is 5.11 Å². The summed E-state index contributed by atoms with van der Waals surface area (Å²) in [5.74, 6) is -0.892. The standard InChI is InChI=1S/C20H37N3O5/c1-5-16(11-8-12-22-23-21)19(28-14-27-4)13-18(24)15(3)9-7-10-17(6-2)20(25)26/h15-17,19H,5-14H2,1-4H3,(H,25,26)/t15-,16+,17+,19+/m0/s1. The van der Waals surface area contributed by atoms with Crippen LogP contribution in [-0.2, 0) is 19.1 Å². The zero-order valence-electron chi connectivity index (χ0n) is 17.8. The molecule has 28 heavy (non-hydrogen) atoms. The summed E-state index contributed by atoms with van der Waals surface area (Å²) in [6, 6.07) is 0. The van der Waals surface area contributed by atoms with Crippen LogP contribution in [0, 0.1) is 17.8 Å². The molecule has 8 nitrogen and oxygen atoms in total. The average Bonchev–Trinajstić information content (AvgIpc) is 2.68. The van der Waals surface area contributed by atoms with Gasteiger partial charge < -0.3 is 14.6 Å². The van der Waals surface area contributed by atoms with Crippen molar-refractivity contribution in [2.45, 2.75) is 78.2 Å². The largest absolute Gasteiger partial charge is 0.481 e. The van der Waals surface area contributed by atoms with Crippen LogP contribution in [0.2, 0.25) is 0 Å². The first-order valence-corrected chi connectivity index (χ1v) is 10.3. The van der Waals surface area contributed by atoms with Crippen molar-refractivity contribution in [2.75, 3.05) is 20.4 Å². The predicted molar refractivity (Wildman–Crippen MR) is 108 cm³/mol. The second-order valence-electron chi connectivity index (χ2n) is 7.32. The molecule has 0 amide bonds. The Kier molecular flexibility index (Phi) is 15.4. The summed E-state index contributed by atoms with van der Waals surface area (Å²) in [5, 5.41) is 12.7. The van der Waals surface area contributed by atoms with Gasteiger partial charge in [0.1, 0.15) is 12.6 Å². The molecule has 0 aliphatic carbocycles. The molecule has 8 heteroatoms. The molecule has 0 aromatic rings. The smallest absolute Gasteiger partial charge is 0.306 e. The first-order chi connectivity index (χ1) is 13.4. The average molecular weight is 400 g/mol. The maximum atomic E-state index is 12.7. The SMILES string of the molecule is CC[C@H](CCC[C@H](C)C(=O)C[C@@H](OCOC)[C@H](CC)CCCN=[N+]=[N-])C(=O)O. The fraction of sp³-hybridized carbons (Fsp3) is 0.900.